The molecule has 0 aliphatic carbocycles. The summed E-state index contributed by atoms with van der Waals surface area (Å²) < 4.78 is 5.67. The third-order valence-electron chi connectivity index (χ3n) is 3.80. The summed E-state index contributed by atoms with van der Waals surface area (Å²) >= 11 is 5.94. The predicted octanol–water partition coefficient (Wildman–Crippen LogP) is 2.75. The first kappa shape index (κ1) is 16.1. The maximum Gasteiger partial charge on any atom is 0.141 e. The molecule has 5 heteroatoms. The van der Waals surface area contributed by atoms with Crippen LogP contribution in [-0.2, 0) is 22.4 Å². The highest BCUT2D eigenvalue weighted by atomic mass is 35.5. The van der Waals surface area contributed by atoms with Crippen LogP contribution in [0.1, 0.15) is 22.9 Å². The van der Waals surface area contributed by atoms with Crippen LogP contribution in [0.25, 0.3) is 0 Å². The number of nitrogens with one attached hydrogen (secondary N) is 1. The Hall–Kier alpha value is -1.75. The van der Waals surface area contributed by atoms with Crippen molar-refractivity contribution in [3.05, 3.63) is 64.4 Å². The minimum atomic E-state index is -0.0000350. The van der Waals surface area contributed by atoms with Crippen LogP contribution >= 0.6 is 11.6 Å². The van der Waals surface area contributed by atoms with Gasteiger partial charge < -0.3 is 10.1 Å². The molecule has 1 aromatic heterocycles. The van der Waals surface area contributed by atoms with Crippen LogP contribution in [0.5, 0.6) is 0 Å². The Morgan fingerprint density at radius 2 is 2.13 bits per heavy atom. The third kappa shape index (κ3) is 4.61. The van der Waals surface area contributed by atoms with Crippen molar-refractivity contribution in [1.29, 1.82) is 0 Å². The molecule has 4 nitrogen and oxygen atoms in total. The molecule has 0 unspecified atom stereocenters. The van der Waals surface area contributed by atoms with E-state index < -0.39 is 0 Å². The molecule has 23 heavy (non-hydrogen) atoms. The van der Waals surface area contributed by atoms with Gasteiger partial charge in [-0.05, 0) is 29.3 Å². The first-order valence-electron chi connectivity index (χ1n) is 7.74. The van der Waals surface area contributed by atoms with Gasteiger partial charge in [-0.15, -0.1) is 0 Å². The summed E-state index contributed by atoms with van der Waals surface area (Å²) in [5, 5.41) is 3.94. The summed E-state index contributed by atoms with van der Waals surface area (Å²) in [4.78, 5) is 16.6. The number of pyridine rings is 1. The third-order valence-corrected chi connectivity index (χ3v) is 4.03. The van der Waals surface area contributed by atoms with Crippen molar-refractivity contribution in [1.82, 2.24) is 10.3 Å². The predicted molar refractivity (Wildman–Crippen MR) is 89.7 cm³/mol. The number of rotatable bonds is 5. The van der Waals surface area contributed by atoms with Gasteiger partial charge in [0.15, 0.2) is 0 Å². The summed E-state index contributed by atoms with van der Waals surface area (Å²) in [6, 6.07) is 11.3. The Balaban J connectivity index is 1.58. The minimum Gasteiger partial charge on any atom is -0.369 e. The van der Waals surface area contributed by atoms with E-state index in [2.05, 4.69) is 10.3 Å². The zero-order valence-electron chi connectivity index (χ0n) is 12.8. The number of carbonyl (C=O) groups excluding carboxylic acids is 1. The smallest absolute Gasteiger partial charge is 0.141 e. The van der Waals surface area contributed by atoms with E-state index in [0.717, 1.165) is 29.9 Å². The molecule has 1 aliphatic rings. The Bertz CT molecular complexity index is 667. The maximum absolute atomic E-state index is 12.2. The van der Waals surface area contributed by atoms with Gasteiger partial charge in [0.05, 0.1) is 12.3 Å². The molecular weight excluding hydrogens is 312 g/mol. The number of hydrogen-bond acceptors (Lipinski definition) is 4. The van der Waals surface area contributed by atoms with E-state index in [1.165, 1.54) is 0 Å². The van der Waals surface area contributed by atoms with E-state index in [-0.39, 0.29) is 11.9 Å². The number of ether oxygens (including phenoxy) is 1. The maximum atomic E-state index is 12.2. The van der Waals surface area contributed by atoms with Crippen molar-refractivity contribution in [3.8, 4) is 0 Å². The average Bonchev–Trinajstić information content (AvgIpc) is 2.56. The number of hydrogen-bond donors (Lipinski definition) is 1. The van der Waals surface area contributed by atoms with E-state index in [1.807, 2.05) is 30.3 Å². The van der Waals surface area contributed by atoms with Crippen LogP contribution in [0, 0.1) is 0 Å². The summed E-state index contributed by atoms with van der Waals surface area (Å²) in [5.41, 5.74) is 2.77. The fraction of sp³-hybridized carbons (Fsp3) is 0.333. The topological polar surface area (TPSA) is 51.2 Å². The molecular formula is C18H19ClN2O2. The molecule has 1 aromatic carbocycles. The molecule has 0 bridgehead atoms. The van der Waals surface area contributed by atoms with E-state index in [1.54, 1.807) is 12.3 Å². The van der Waals surface area contributed by atoms with Crippen molar-refractivity contribution >= 4 is 17.4 Å². The lowest BCUT2D eigenvalue weighted by atomic mass is 10.0. The Kier molecular flexibility index (Phi) is 5.39. The first-order chi connectivity index (χ1) is 11.2. The van der Waals surface area contributed by atoms with Gasteiger partial charge in [0.2, 0.25) is 0 Å². The number of halogens is 1. The second-order valence-electron chi connectivity index (χ2n) is 5.68. The molecule has 0 radical (unpaired) electrons. The normalized spacial score (nSPS) is 17.9. The van der Waals surface area contributed by atoms with E-state index in [4.69, 9.17) is 16.3 Å². The lowest BCUT2D eigenvalue weighted by molar-refractivity contribution is -0.117. The number of ketones is 1. The molecule has 1 N–H and O–H groups in total. The number of benzene rings is 1. The van der Waals surface area contributed by atoms with Crippen molar-refractivity contribution in [2.75, 3.05) is 19.7 Å². The van der Waals surface area contributed by atoms with Crippen LogP contribution in [-0.4, -0.2) is 30.5 Å². The lowest BCUT2D eigenvalue weighted by Gasteiger charge is -2.23. The Morgan fingerprint density at radius 1 is 1.26 bits per heavy atom. The van der Waals surface area contributed by atoms with Crippen LogP contribution in [0.15, 0.2) is 42.6 Å². The zero-order chi connectivity index (χ0) is 16.1. The molecule has 3 rings (SSSR count). The van der Waals surface area contributed by atoms with Crippen molar-refractivity contribution < 1.29 is 9.53 Å². The highest BCUT2D eigenvalue weighted by Crippen LogP contribution is 2.17. The van der Waals surface area contributed by atoms with Gasteiger partial charge in [0.1, 0.15) is 11.9 Å². The second kappa shape index (κ2) is 7.68. The van der Waals surface area contributed by atoms with Crippen molar-refractivity contribution in [3.63, 3.8) is 0 Å². The molecule has 0 saturated carbocycles. The molecule has 1 atom stereocenters. The number of carbonyl (C=O) groups is 1. The molecule has 1 aliphatic heterocycles. The number of aromatic nitrogens is 1. The van der Waals surface area contributed by atoms with Crippen molar-refractivity contribution in [2.45, 2.75) is 18.9 Å². The summed E-state index contributed by atoms with van der Waals surface area (Å²) in [5.74, 6) is 0.150. The monoisotopic (exact) mass is 330 g/mol. The van der Waals surface area contributed by atoms with Crippen LogP contribution < -0.4 is 5.32 Å². The first-order valence-corrected chi connectivity index (χ1v) is 8.12. The summed E-state index contributed by atoms with van der Waals surface area (Å²) in [7, 11) is 0. The van der Waals surface area contributed by atoms with Gasteiger partial charge >= 0.3 is 0 Å². The Morgan fingerprint density at radius 3 is 2.83 bits per heavy atom. The highest BCUT2D eigenvalue weighted by Gasteiger charge is 2.16. The zero-order valence-corrected chi connectivity index (χ0v) is 13.6. The number of Topliss-reactive ketones (excluding diaryl/α,β-unsaturated/α-hetero) is 1. The van der Waals surface area contributed by atoms with Crippen LogP contribution in [0.3, 0.4) is 0 Å². The van der Waals surface area contributed by atoms with Gasteiger partial charge in [0, 0.05) is 37.2 Å². The van der Waals surface area contributed by atoms with Crippen LogP contribution in [0.2, 0.25) is 5.02 Å². The van der Waals surface area contributed by atoms with Gasteiger partial charge in [-0.2, -0.15) is 0 Å². The molecule has 2 aromatic rings. The standard InChI is InChI=1S/C18H19ClN2O2/c19-15-3-1-2-13(8-15)9-16(22)10-14-4-5-17(21-11-14)18-12-20-6-7-23-18/h1-5,8,11,18,20H,6-7,9-10,12H2/t18-/m0/s1. The quantitative estimate of drug-likeness (QED) is 0.916. The summed E-state index contributed by atoms with van der Waals surface area (Å²) in [6.07, 6.45) is 2.53. The fourth-order valence-electron chi connectivity index (χ4n) is 2.65. The summed E-state index contributed by atoms with van der Waals surface area (Å²) in [6.45, 7) is 2.36. The van der Waals surface area contributed by atoms with Gasteiger partial charge in [-0.25, -0.2) is 0 Å². The molecule has 2 heterocycles. The van der Waals surface area contributed by atoms with Gasteiger partial charge in [0.25, 0.3) is 0 Å². The van der Waals surface area contributed by atoms with Gasteiger partial charge in [-0.3, -0.25) is 9.78 Å². The number of morpholine rings is 1. The largest absolute Gasteiger partial charge is 0.369 e. The SMILES string of the molecule is O=C(Cc1ccc([C@@H]2CNCCO2)nc1)Cc1cccc(Cl)c1. The molecule has 1 fully saturated rings. The molecule has 0 amide bonds. The van der Waals surface area contributed by atoms with E-state index >= 15 is 0 Å². The minimum absolute atomic E-state index is 0.0000350. The van der Waals surface area contributed by atoms with Crippen LogP contribution in [0.4, 0.5) is 0 Å². The van der Waals surface area contributed by atoms with Crippen molar-refractivity contribution in [2.24, 2.45) is 0 Å². The molecule has 0 spiro atoms. The fourth-order valence-corrected chi connectivity index (χ4v) is 2.86. The molecule has 1 saturated heterocycles. The van der Waals surface area contributed by atoms with E-state index in [0.29, 0.717) is 24.5 Å². The van der Waals surface area contributed by atoms with E-state index in [9.17, 15) is 4.79 Å². The second-order valence-corrected chi connectivity index (χ2v) is 6.11. The lowest BCUT2D eigenvalue weighted by Crippen LogP contribution is -2.33. The highest BCUT2D eigenvalue weighted by molar-refractivity contribution is 6.30. The average molecular weight is 331 g/mol. The van der Waals surface area contributed by atoms with Gasteiger partial charge in [-0.1, -0.05) is 29.8 Å². The Labute approximate surface area is 140 Å². The molecule has 120 valence electrons. The number of nitrogens with zero attached hydrogens (tertiary/aromatic N) is 1.